The fourth-order valence-corrected chi connectivity index (χ4v) is 4.27. The molecule has 0 aliphatic carbocycles. The summed E-state index contributed by atoms with van der Waals surface area (Å²) in [6.07, 6.45) is 1.26. The van der Waals surface area contributed by atoms with Crippen LogP contribution >= 0.6 is 11.6 Å². The van der Waals surface area contributed by atoms with Crippen molar-refractivity contribution in [2.24, 2.45) is 5.92 Å². The van der Waals surface area contributed by atoms with Gasteiger partial charge in [-0.05, 0) is 36.2 Å². The summed E-state index contributed by atoms with van der Waals surface area (Å²) in [4.78, 5) is 21.2. The number of halogens is 2. The number of ether oxygens (including phenoxy) is 1. The van der Waals surface area contributed by atoms with Crippen molar-refractivity contribution in [2.75, 3.05) is 31.6 Å². The third-order valence-electron chi connectivity index (χ3n) is 5.64. The number of methoxy groups -OCH3 is 1. The Labute approximate surface area is 169 Å². The van der Waals surface area contributed by atoms with Gasteiger partial charge in [0.15, 0.2) is 11.6 Å². The second kappa shape index (κ2) is 7.59. The largest absolute Gasteiger partial charge is 0.494 e. The fourth-order valence-electron chi connectivity index (χ4n) is 4.01. The molecule has 0 bridgehead atoms. The predicted molar refractivity (Wildman–Crippen MR) is 106 cm³/mol. The van der Waals surface area contributed by atoms with Gasteiger partial charge in [-0.3, -0.25) is 4.79 Å². The quantitative estimate of drug-likeness (QED) is 0.732. The number of aromatic nitrogens is 1. The molecule has 2 aromatic rings. The number of hydrogen-bond donors (Lipinski definition) is 0. The van der Waals surface area contributed by atoms with Gasteiger partial charge in [-0.25, -0.2) is 9.37 Å². The van der Waals surface area contributed by atoms with E-state index in [9.17, 15) is 9.18 Å². The van der Waals surface area contributed by atoms with Gasteiger partial charge in [0, 0.05) is 62.4 Å². The van der Waals surface area contributed by atoms with Gasteiger partial charge in [-0.1, -0.05) is 11.6 Å². The lowest BCUT2D eigenvalue weighted by atomic mass is 9.93. The third-order valence-corrected chi connectivity index (χ3v) is 5.84. The molecule has 1 fully saturated rings. The lowest BCUT2D eigenvalue weighted by molar-refractivity contribution is -0.133. The van der Waals surface area contributed by atoms with Crippen molar-refractivity contribution in [3.8, 4) is 5.75 Å². The summed E-state index contributed by atoms with van der Waals surface area (Å²) in [6.45, 7) is 4.82. The van der Waals surface area contributed by atoms with Crippen LogP contribution in [0.5, 0.6) is 5.75 Å². The van der Waals surface area contributed by atoms with Gasteiger partial charge in [-0.2, -0.15) is 0 Å². The van der Waals surface area contributed by atoms with E-state index in [4.69, 9.17) is 16.3 Å². The number of aryl methyl sites for hydroxylation is 1. The van der Waals surface area contributed by atoms with Crippen LogP contribution < -0.4 is 9.64 Å². The maximum absolute atomic E-state index is 13.9. The summed E-state index contributed by atoms with van der Waals surface area (Å²) >= 11 is 6.04. The molecule has 148 valence electrons. The molecule has 0 spiro atoms. The normalized spacial score (nSPS) is 16.6. The Hall–Kier alpha value is -2.34. The highest BCUT2D eigenvalue weighted by molar-refractivity contribution is 6.29. The summed E-state index contributed by atoms with van der Waals surface area (Å²) in [6, 6.07) is 6.82. The van der Waals surface area contributed by atoms with E-state index in [-0.39, 0.29) is 17.5 Å². The average Bonchev–Trinajstić information content (AvgIpc) is 2.63. The summed E-state index contributed by atoms with van der Waals surface area (Å²) in [5, 5.41) is 0.514. The zero-order chi connectivity index (χ0) is 19.8. The van der Waals surface area contributed by atoms with Crippen LogP contribution in [-0.2, 0) is 17.8 Å². The smallest absolute Gasteiger partial charge is 0.223 e. The van der Waals surface area contributed by atoms with Gasteiger partial charge < -0.3 is 14.5 Å². The van der Waals surface area contributed by atoms with Crippen LogP contribution in [0.1, 0.15) is 23.2 Å². The molecule has 0 unspecified atom stereocenters. The van der Waals surface area contributed by atoms with Gasteiger partial charge in [0.25, 0.3) is 0 Å². The van der Waals surface area contributed by atoms with Gasteiger partial charge in [0.2, 0.25) is 5.91 Å². The van der Waals surface area contributed by atoms with E-state index < -0.39 is 0 Å². The van der Waals surface area contributed by atoms with E-state index in [1.54, 1.807) is 6.07 Å². The zero-order valence-corrected chi connectivity index (χ0v) is 16.8. The number of benzene rings is 1. The Morgan fingerprint density at radius 3 is 2.86 bits per heavy atom. The first-order chi connectivity index (χ1) is 13.4. The Bertz CT molecular complexity index is 915. The molecule has 28 heavy (non-hydrogen) atoms. The first-order valence-electron chi connectivity index (χ1n) is 9.45. The van der Waals surface area contributed by atoms with Crippen molar-refractivity contribution in [3.05, 3.63) is 52.1 Å². The minimum atomic E-state index is -0.365. The van der Waals surface area contributed by atoms with E-state index in [1.165, 1.54) is 13.2 Å². The molecule has 0 radical (unpaired) electrons. The topological polar surface area (TPSA) is 45.7 Å². The third kappa shape index (κ3) is 3.65. The second-order valence-electron chi connectivity index (χ2n) is 7.55. The van der Waals surface area contributed by atoms with Crippen LogP contribution in [0.25, 0.3) is 0 Å². The molecule has 3 heterocycles. The van der Waals surface area contributed by atoms with Crippen molar-refractivity contribution in [3.63, 3.8) is 0 Å². The first kappa shape index (κ1) is 19.0. The number of carbonyl (C=O) groups excluding carboxylic acids is 1. The maximum Gasteiger partial charge on any atom is 0.223 e. The van der Waals surface area contributed by atoms with Crippen LogP contribution in [0.2, 0.25) is 5.15 Å². The van der Waals surface area contributed by atoms with Crippen molar-refractivity contribution in [2.45, 2.75) is 26.3 Å². The molecule has 1 aromatic heterocycles. The first-order valence-corrected chi connectivity index (χ1v) is 9.83. The molecule has 1 amide bonds. The lowest BCUT2D eigenvalue weighted by Gasteiger charge is -2.42. The molecule has 5 nitrogen and oxygen atoms in total. The van der Waals surface area contributed by atoms with Crippen LogP contribution in [0.15, 0.2) is 24.3 Å². The summed E-state index contributed by atoms with van der Waals surface area (Å²) in [5.41, 5.74) is 4.04. The minimum Gasteiger partial charge on any atom is -0.494 e. The molecule has 2 aliphatic heterocycles. The highest BCUT2D eigenvalue weighted by atomic mass is 35.5. The Morgan fingerprint density at radius 2 is 2.14 bits per heavy atom. The van der Waals surface area contributed by atoms with E-state index in [1.807, 2.05) is 24.0 Å². The van der Waals surface area contributed by atoms with Crippen molar-refractivity contribution >= 4 is 23.2 Å². The molecule has 4 rings (SSSR count). The van der Waals surface area contributed by atoms with Gasteiger partial charge >= 0.3 is 0 Å². The number of anilines is 1. The summed E-state index contributed by atoms with van der Waals surface area (Å²) in [5.74, 6) is 0.345. The Balaban J connectivity index is 1.33. The van der Waals surface area contributed by atoms with Crippen molar-refractivity contribution in [1.29, 1.82) is 0 Å². The SMILES string of the molecule is COc1ccc(N2CC(CC(=O)N3CCc4nc(Cl)cc(C)c4C3)C2)cc1F. The minimum absolute atomic E-state index is 0.172. The Morgan fingerprint density at radius 1 is 1.36 bits per heavy atom. The second-order valence-corrected chi connectivity index (χ2v) is 7.93. The number of amides is 1. The number of fused-ring (bicyclic) bond motifs is 1. The van der Waals surface area contributed by atoms with E-state index >= 15 is 0 Å². The number of pyridine rings is 1. The van der Waals surface area contributed by atoms with Crippen molar-refractivity contribution in [1.82, 2.24) is 9.88 Å². The average molecular weight is 404 g/mol. The van der Waals surface area contributed by atoms with Crippen LogP contribution in [0.3, 0.4) is 0 Å². The lowest BCUT2D eigenvalue weighted by Crippen LogP contribution is -2.49. The molecule has 7 heteroatoms. The highest BCUT2D eigenvalue weighted by Gasteiger charge is 2.32. The monoisotopic (exact) mass is 403 g/mol. The van der Waals surface area contributed by atoms with Crippen LogP contribution in [0.4, 0.5) is 10.1 Å². The fraction of sp³-hybridized carbons (Fsp3) is 0.429. The number of nitrogens with zero attached hydrogens (tertiary/aromatic N) is 3. The number of carbonyl (C=O) groups is 1. The zero-order valence-electron chi connectivity index (χ0n) is 16.0. The predicted octanol–water partition coefficient (Wildman–Crippen LogP) is 3.60. The molecule has 0 atom stereocenters. The van der Waals surface area contributed by atoms with Gasteiger partial charge in [0.1, 0.15) is 5.15 Å². The molecule has 0 N–H and O–H groups in total. The van der Waals surface area contributed by atoms with Crippen molar-refractivity contribution < 1.29 is 13.9 Å². The number of rotatable bonds is 4. The van der Waals surface area contributed by atoms with Gasteiger partial charge in [-0.15, -0.1) is 0 Å². The van der Waals surface area contributed by atoms with Crippen LogP contribution in [-0.4, -0.2) is 42.5 Å². The standard InChI is InChI=1S/C21H23ClFN3O2/c1-13-7-20(22)24-18-5-6-25(12-16(13)18)21(27)8-14-10-26(11-14)15-3-4-19(28-2)17(23)9-15/h3-4,7,9,14H,5-6,8,10-12H2,1-2H3. The van der Waals surface area contributed by atoms with Gasteiger partial charge in [0.05, 0.1) is 7.11 Å². The molecular formula is C21H23ClFN3O2. The molecule has 2 aliphatic rings. The number of hydrogen-bond acceptors (Lipinski definition) is 4. The summed E-state index contributed by atoms with van der Waals surface area (Å²) < 4.78 is 18.8. The molecular weight excluding hydrogens is 381 g/mol. The molecule has 0 saturated carbocycles. The molecule has 1 saturated heterocycles. The molecule has 1 aromatic carbocycles. The maximum atomic E-state index is 13.9. The van der Waals surface area contributed by atoms with E-state index in [0.717, 1.165) is 42.0 Å². The highest BCUT2D eigenvalue weighted by Crippen LogP contribution is 2.31. The van der Waals surface area contributed by atoms with E-state index in [0.29, 0.717) is 30.6 Å². The Kier molecular flexibility index (Phi) is 5.15. The summed E-state index contributed by atoms with van der Waals surface area (Å²) in [7, 11) is 1.45. The van der Waals surface area contributed by atoms with Crippen LogP contribution in [0, 0.1) is 18.7 Å². The van der Waals surface area contributed by atoms with E-state index in [2.05, 4.69) is 9.88 Å².